The number of anilines is 1. The van der Waals surface area contributed by atoms with Crippen LogP contribution in [0.3, 0.4) is 0 Å². The van der Waals surface area contributed by atoms with Gasteiger partial charge in [-0.1, -0.05) is 42.5 Å². The van der Waals surface area contributed by atoms with Crippen LogP contribution < -0.4 is 5.73 Å². The second-order valence-electron chi connectivity index (χ2n) is 8.19. The molecule has 5 aromatic rings. The summed E-state index contributed by atoms with van der Waals surface area (Å²) in [4.78, 5) is 4.24. The summed E-state index contributed by atoms with van der Waals surface area (Å²) in [5, 5.41) is 10.4. The number of fused-ring (bicyclic) bond motifs is 2. The van der Waals surface area contributed by atoms with E-state index in [0.29, 0.717) is 5.82 Å². The molecule has 148 valence electrons. The first-order valence-corrected chi connectivity index (χ1v) is 10.4. The predicted molar refractivity (Wildman–Crippen MR) is 118 cm³/mol. The highest BCUT2D eigenvalue weighted by molar-refractivity contribution is 5.92. The van der Waals surface area contributed by atoms with Gasteiger partial charge >= 0.3 is 0 Å². The number of rotatable bonds is 5. The van der Waals surface area contributed by atoms with Crippen LogP contribution in [0, 0.1) is 5.92 Å². The van der Waals surface area contributed by atoms with Crippen LogP contribution in [0.25, 0.3) is 27.5 Å². The van der Waals surface area contributed by atoms with E-state index in [9.17, 15) is 0 Å². The standard InChI is InChI=1S/C24H22N6/c25-24-23-21(12-20(10-16-6-7-16)30(23)27-15-26-24)18-8-9-19-14-29(28-22(19)11-18)13-17-4-2-1-3-5-17/h1-5,8-9,11-12,14-16H,6-7,10,13H2,(H2,25,26,27). The van der Waals surface area contributed by atoms with Gasteiger partial charge in [-0.2, -0.15) is 10.2 Å². The fourth-order valence-corrected chi connectivity index (χ4v) is 4.20. The zero-order valence-corrected chi connectivity index (χ0v) is 16.6. The highest BCUT2D eigenvalue weighted by Crippen LogP contribution is 2.37. The van der Waals surface area contributed by atoms with Crippen molar-refractivity contribution < 1.29 is 0 Å². The molecule has 0 spiro atoms. The summed E-state index contributed by atoms with van der Waals surface area (Å²) in [6.07, 6.45) is 7.27. The topological polar surface area (TPSA) is 74.0 Å². The molecule has 6 nitrogen and oxygen atoms in total. The molecule has 3 heterocycles. The molecular formula is C24H22N6. The lowest BCUT2D eigenvalue weighted by molar-refractivity contribution is 0.696. The molecule has 0 radical (unpaired) electrons. The maximum Gasteiger partial charge on any atom is 0.151 e. The van der Waals surface area contributed by atoms with Gasteiger partial charge in [0.2, 0.25) is 0 Å². The quantitative estimate of drug-likeness (QED) is 0.481. The third kappa shape index (κ3) is 3.01. The van der Waals surface area contributed by atoms with Crippen LogP contribution in [-0.2, 0) is 13.0 Å². The minimum absolute atomic E-state index is 0.511. The maximum absolute atomic E-state index is 6.27. The Hall–Kier alpha value is -3.67. The second-order valence-corrected chi connectivity index (χ2v) is 8.19. The first-order valence-electron chi connectivity index (χ1n) is 10.4. The summed E-state index contributed by atoms with van der Waals surface area (Å²) in [5.41, 5.74) is 12.7. The minimum Gasteiger partial charge on any atom is -0.382 e. The summed E-state index contributed by atoms with van der Waals surface area (Å²) < 4.78 is 3.96. The highest BCUT2D eigenvalue weighted by Gasteiger charge is 2.25. The van der Waals surface area contributed by atoms with E-state index >= 15 is 0 Å². The normalized spacial score (nSPS) is 14.0. The molecule has 0 amide bonds. The van der Waals surface area contributed by atoms with Gasteiger partial charge in [0.1, 0.15) is 11.8 Å². The summed E-state index contributed by atoms with van der Waals surface area (Å²) in [6.45, 7) is 0.756. The third-order valence-electron chi connectivity index (χ3n) is 5.90. The Morgan fingerprint density at radius 3 is 2.73 bits per heavy atom. The minimum atomic E-state index is 0.511. The van der Waals surface area contributed by atoms with Gasteiger partial charge in [-0.05, 0) is 48.4 Å². The molecule has 1 aliphatic rings. The number of hydrogen-bond donors (Lipinski definition) is 1. The van der Waals surface area contributed by atoms with Gasteiger partial charge in [-0.15, -0.1) is 0 Å². The lowest BCUT2D eigenvalue weighted by Gasteiger charge is -2.03. The Kier molecular flexibility index (Phi) is 3.84. The Balaban J connectivity index is 1.43. The molecule has 2 aromatic carbocycles. The number of nitrogens with two attached hydrogens (primary N) is 1. The highest BCUT2D eigenvalue weighted by atomic mass is 15.3. The number of hydrogen-bond acceptors (Lipinski definition) is 4. The van der Waals surface area contributed by atoms with E-state index < -0.39 is 0 Å². The van der Waals surface area contributed by atoms with Crippen molar-refractivity contribution in [3.05, 3.63) is 78.4 Å². The van der Waals surface area contributed by atoms with Crippen molar-refractivity contribution in [1.82, 2.24) is 24.4 Å². The molecule has 1 aliphatic carbocycles. The summed E-state index contributed by atoms with van der Waals surface area (Å²) in [5.74, 6) is 1.28. The number of benzene rings is 2. The molecule has 6 rings (SSSR count). The van der Waals surface area contributed by atoms with E-state index in [-0.39, 0.29) is 0 Å². The first kappa shape index (κ1) is 17.2. The van der Waals surface area contributed by atoms with Crippen molar-refractivity contribution in [3.8, 4) is 11.1 Å². The van der Waals surface area contributed by atoms with Crippen LogP contribution in [0.15, 0.2) is 67.1 Å². The predicted octanol–water partition coefficient (Wildman–Crippen LogP) is 4.33. The first-order chi connectivity index (χ1) is 14.7. The van der Waals surface area contributed by atoms with Crippen molar-refractivity contribution >= 4 is 22.2 Å². The molecule has 0 aliphatic heterocycles. The van der Waals surface area contributed by atoms with Crippen molar-refractivity contribution in [2.45, 2.75) is 25.8 Å². The van der Waals surface area contributed by atoms with Gasteiger partial charge in [-0.3, -0.25) is 4.68 Å². The molecule has 0 unspecified atom stereocenters. The Morgan fingerprint density at radius 2 is 1.90 bits per heavy atom. The van der Waals surface area contributed by atoms with Crippen molar-refractivity contribution in [3.63, 3.8) is 0 Å². The number of nitrogen functional groups attached to an aromatic ring is 1. The zero-order valence-electron chi connectivity index (χ0n) is 16.6. The van der Waals surface area contributed by atoms with Crippen LogP contribution in [0.5, 0.6) is 0 Å². The van der Waals surface area contributed by atoms with Gasteiger partial charge in [0.05, 0.1) is 12.1 Å². The Morgan fingerprint density at radius 1 is 1.03 bits per heavy atom. The molecule has 1 fully saturated rings. The van der Waals surface area contributed by atoms with Gasteiger partial charge in [0.25, 0.3) is 0 Å². The van der Waals surface area contributed by atoms with Gasteiger partial charge < -0.3 is 5.73 Å². The van der Waals surface area contributed by atoms with E-state index in [2.05, 4.69) is 64.8 Å². The van der Waals surface area contributed by atoms with Crippen LogP contribution in [0.1, 0.15) is 24.1 Å². The van der Waals surface area contributed by atoms with Crippen molar-refractivity contribution in [1.29, 1.82) is 0 Å². The molecule has 2 N–H and O–H groups in total. The number of nitrogens with zero attached hydrogens (tertiary/aromatic N) is 5. The van der Waals surface area contributed by atoms with Crippen LogP contribution >= 0.6 is 0 Å². The van der Waals surface area contributed by atoms with Crippen LogP contribution in [0.2, 0.25) is 0 Å². The molecule has 0 atom stereocenters. The van der Waals surface area contributed by atoms with E-state index in [1.165, 1.54) is 30.4 Å². The summed E-state index contributed by atoms with van der Waals surface area (Å²) >= 11 is 0. The smallest absolute Gasteiger partial charge is 0.151 e. The fraction of sp³-hybridized carbons (Fsp3) is 0.208. The maximum atomic E-state index is 6.27. The number of aromatic nitrogens is 5. The van der Waals surface area contributed by atoms with Crippen LogP contribution in [0.4, 0.5) is 5.82 Å². The zero-order chi connectivity index (χ0) is 20.1. The lowest BCUT2D eigenvalue weighted by Crippen LogP contribution is -2.02. The molecule has 6 heteroatoms. The van der Waals surface area contributed by atoms with Crippen LogP contribution in [-0.4, -0.2) is 24.4 Å². The molecule has 0 saturated heterocycles. The van der Waals surface area contributed by atoms with E-state index in [0.717, 1.165) is 46.4 Å². The van der Waals surface area contributed by atoms with E-state index in [1.54, 1.807) is 0 Å². The van der Waals surface area contributed by atoms with E-state index in [4.69, 9.17) is 10.8 Å². The van der Waals surface area contributed by atoms with Gasteiger partial charge in [0, 0.05) is 22.8 Å². The summed E-state index contributed by atoms with van der Waals surface area (Å²) in [6, 6.07) is 19.0. The van der Waals surface area contributed by atoms with Crippen molar-refractivity contribution in [2.24, 2.45) is 5.92 Å². The Bertz CT molecular complexity index is 1360. The SMILES string of the molecule is Nc1ncnn2c(CC3CC3)cc(-c3ccc4cn(Cc5ccccc5)nc4c3)c12. The molecule has 0 bridgehead atoms. The Labute approximate surface area is 174 Å². The molecule has 30 heavy (non-hydrogen) atoms. The summed E-state index contributed by atoms with van der Waals surface area (Å²) in [7, 11) is 0. The van der Waals surface area contributed by atoms with E-state index in [1.807, 2.05) is 15.3 Å². The van der Waals surface area contributed by atoms with Gasteiger partial charge in [-0.25, -0.2) is 9.50 Å². The third-order valence-corrected chi connectivity index (χ3v) is 5.90. The molecule has 3 aromatic heterocycles. The largest absolute Gasteiger partial charge is 0.382 e. The second kappa shape index (κ2) is 6.69. The average Bonchev–Trinajstić information content (AvgIpc) is 3.36. The van der Waals surface area contributed by atoms with Crippen molar-refractivity contribution in [2.75, 3.05) is 5.73 Å². The fourth-order valence-electron chi connectivity index (χ4n) is 4.20. The molecule has 1 saturated carbocycles. The average molecular weight is 394 g/mol. The molecular weight excluding hydrogens is 372 g/mol. The monoisotopic (exact) mass is 394 g/mol. The lowest BCUT2D eigenvalue weighted by atomic mass is 10.0. The van der Waals surface area contributed by atoms with Gasteiger partial charge in [0.15, 0.2) is 5.82 Å².